The number of rotatable bonds is 3. The maximum atomic E-state index is 11.0. The van der Waals surface area contributed by atoms with Crippen LogP contribution in [0.2, 0.25) is 0 Å². The lowest BCUT2D eigenvalue weighted by Crippen LogP contribution is -2.52. The van der Waals surface area contributed by atoms with Gasteiger partial charge in [-0.15, -0.1) is 0 Å². The van der Waals surface area contributed by atoms with Crippen LogP contribution >= 0.6 is 0 Å². The lowest BCUT2D eigenvalue weighted by Gasteiger charge is -2.58. The first-order valence-electron chi connectivity index (χ1n) is 8.22. The van der Waals surface area contributed by atoms with Crippen LogP contribution in [-0.4, -0.2) is 21.0 Å². The monoisotopic (exact) mass is 274 g/mol. The molecule has 3 nitrogen and oxygen atoms in total. The van der Waals surface area contributed by atoms with Gasteiger partial charge in [0.2, 0.25) is 0 Å². The van der Waals surface area contributed by atoms with Gasteiger partial charge in [0.15, 0.2) is 0 Å². The number of aliphatic hydroxyl groups is 1. The van der Waals surface area contributed by atoms with E-state index < -0.39 is 0 Å². The largest absolute Gasteiger partial charge is 0.392 e. The second kappa shape index (κ2) is 4.33. The van der Waals surface area contributed by atoms with Crippen molar-refractivity contribution in [2.24, 2.45) is 30.2 Å². The number of hydrogen-bond donors (Lipinski definition) is 1. The van der Waals surface area contributed by atoms with E-state index >= 15 is 0 Å². The minimum atomic E-state index is -0.175. The maximum Gasteiger partial charge on any atom is 0.0651 e. The fraction of sp³-hybridized carbons (Fsp3) is 0.824. The maximum absolute atomic E-state index is 11.0. The molecule has 0 radical (unpaired) electrons. The van der Waals surface area contributed by atoms with Crippen LogP contribution < -0.4 is 0 Å². The van der Waals surface area contributed by atoms with Gasteiger partial charge in [0, 0.05) is 19.2 Å². The van der Waals surface area contributed by atoms with Crippen LogP contribution in [0.5, 0.6) is 0 Å². The molecule has 4 aliphatic carbocycles. The average Bonchev–Trinajstić information content (AvgIpc) is 2.66. The third kappa shape index (κ3) is 1.93. The van der Waals surface area contributed by atoms with Crippen molar-refractivity contribution in [2.75, 3.05) is 0 Å². The van der Waals surface area contributed by atoms with Gasteiger partial charge in [-0.25, -0.2) is 0 Å². The zero-order valence-corrected chi connectivity index (χ0v) is 12.7. The molecule has 4 fully saturated rings. The molecule has 0 spiro atoms. The summed E-state index contributed by atoms with van der Waals surface area (Å²) < 4.78 is 1.94. The Morgan fingerprint density at radius 2 is 1.80 bits per heavy atom. The molecule has 0 aromatic carbocycles. The van der Waals surface area contributed by atoms with Gasteiger partial charge >= 0.3 is 0 Å². The normalized spacial score (nSPS) is 40.2. The summed E-state index contributed by atoms with van der Waals surface area (Å²) in [7, 11) is 1.99. The first-order chi connectivity index (χ1) is 9.54. The third-order valence-corrected chi connectivity index (χ3v) is 6.29. The standard InChI is InChI=1S/C17H26N2O/c1-11-3-15(19(2)18-11)7-16(20)17-8-12-4-13(9-17)6-14(5-12)10-17/h3,12-14,16,20H,4-10H2,1-2H3. The van der Waals surface area contributed by atoms with Crippen molar-refractivity contribution in [3.63, 3.8) is 0 Å². The highest BCUT2D eigenvalue weighted by atomic mass is 16.3. The summed E-state index contributed by atoms with van der Waals surface area (Å²) >= 11 is 0. The zero-order valence-electron chi connectivity index (χ0n) is 12.7. The van der Waals surface area contributed by atoms with Gasteiger partial charge in [-0.1, -0.05) is 0 Å². The lowest BCUT2D eigenvalue weighted by molar-refractivity contribution is -0.119. The summed E-state index contributed by atoms with van der Waals surface area (Å²) in [6.07, 6.45) is 8.75. The lowest BCUT2D eigenvalue weighted by atomic mass is 9.48. The van der Waals surface area contributed by atoms with E-state index in [0.29, 0.717) is 0 Å². The summed E-state index contributed by atoms with van der Waals surface area (Å²) in [4.78, 5) is 0. The van der Waals surface area contributed by atoms with E-state index in [9.17, 15) is 5.11 Å². The molecule has 0 aliphatic heterocycles. The van der Waals surface area contributed by atoms with Crippen LogP contribution in [0.15, 0.2) is 6.07 Å². The summed E-state index contributed by atoms with van der Waals surface area (Å²) in [6, 6.07) is 2.13. The molecule has 4 saturated carbocycles. The summed E-state index contributed by atoms with van der Waals surface area (Å²) in [5.74, 6) is 2.72. The number of aromatic nitrogens is 2. The van der Waals surface area contributed by atoms with E-state index in [2.05, 4.69) is 11.2 Å². The van der Waals surface area contributed by atoms with Gasteiger partial charge in [0.1, 0.15) is 0 Å². The Bertz CT molecular complexity index is 484. The first kappa shape index (κ1) is 12.9. The predicted octanol–water partition coefficient (Wildman–Crippen LogP) is 2.85. The molecule has 1 aromatic rings. The van der Waals surface area contributed by atoms with Crippen LogP contribution in [0.25, 0.3) is 0 Å². The Labute approximate surface area is 121 Å². The number of nitrogens with zero attached hydrogens (tertiary/aromatic N) is 2. The van der Waals surface area contributed by atoms with Crippen molar-refractivity contribution >= 4 is 0 Å². The molecule has 1 aromatic heterocycles. The second-order valence-corrected chi connectivity index (χ2v) is 7.90. The van der Waals surface area contributed by atoms with Crippen LogP contribution in [0, 0.1) is 30.1 Å². The molecule has 0 amide bonds. The van der Waals surface area contributed by atoms with E-state index in [-0.39, 0.29) is 11.5 Å². The fourth-order valence-electron chi connectivity index (χ4n) is 5.86. The molecule has 1 N–H and O–H groups in total. The summed E-state index contributed by atoms with van der Waals surface area (Å²) in [5, 5.41) is 15.4. The molecule has 4 aliphatic rings. The summed E-state index contributed by atoms with van der Waals surface area (Å²) in [6.45, 7) is 2.03. The molecule has 1 heterocycles. The Balaban J connectivity index is 1.56. The number of hydrogen-bond acceptors (Lipinski definition) is 2. The highest BCUT2D eigenvalue weighted by Crippen LogP contribution is 2.61. The van der Waals surface area contributed by atoms with Crippen molar-refractivity contribution in [2.45, 2.75) is 58.0 Å². The van der Waals surface area contributed by atoms with Crippen molar-refractivity contribution in [1.82, 2.24) is 9.78 Å². The molecule has 0 saturated heterocycles. The Morgan fingerprint density at radius 1 is 1.25 bits per heavy atom. The van der Waals surface area contributed by atoms with Crippen LogP contribution in [0.3, 0.4) is 0 Å². The Kier molecular flexibility index (Phi) is 2.79. The number of aryl methyl sites for hydroxylation is 2. The van der Waals surface area contributed by atoms with Crippen molar-refractivity contribution in [1.29, 1.82) is 0 Å². The predicted molar refractivity (Wildman–Crippen MR) is 78.3 cm³/mol. The highest BCUT2D eigenvalue weighted by molar-refractivity contribution is 5.12. The topological polar surface area (TPSA) is 38.0 Å². The van der Waals surface area contributed by atoms with E-state index in [4.69, 9.17) is 0 Å². The minimum absolute atomic E-state index is 0.175. The van der Waals surface area contributed by atoms with Crippen molar-refractivity contribution in [3.8, 4) is 0 Å². The third-order valence-electron chi connectivity index (χ3n) is 6.29. The van der Waals surface area contributed by atoms with Crippen molar-refractivity contribution < 1.29 is 5.11 Å². The van der Waals surface area contributed by atoms with Gasteiger partial charge < -0.3 is 5.11 Å². The smallest absolute Gasteiger partial charge is 0.0651 e. The SMILES string of the molecule is Cc1cc(CC(O)C23CC4CC(CC(C4)C2)C3)n(C)n1. The molecule has 110 valence electrons. The Morgan fingerprint density at radius 3 is 2.25 bits per heavy atom. The van der Waals surface area contributed by atoms with Gasteiger partial charge in [0.05, 0.1) is 11.8 Å². The van der Waals surface area contributed by atoms with E-state index in [1.165, 1.54) is 44.2 Å². The van der Waals surface area contributed by atoms with Crippen LogP contribution in [0.4, 0.5) is 0 Å². The molecular weight excluding hydrogens is 248 g/mol. The minimum Gasteiger partial charge on any atom is -0.392 e. The van der Waals surface area contributed by atoms with Gasteiger partial charge in [-0.05, 0) is 74.7 Å². The summed E-state index contributed by atoms with van der Waals surface area (Å²) in [5.41, 5.74) is 2.47. The van der Waals surface area contributed by atoms with Gasteiger partial charge in [-0.2, -0.15) is 5.10 Å². The molecule has 5 rings (SSSR count). The van der Waals surface area contributed by atoms with Crippen LogP contribution in [-0.2, 0) is 13.5 Å². The number of aliphatic hydroxyl groups excluding tert-OH is 1. The van der Waals surface area contributed by atoms with Crippen molar-refractivity contribution in [3.05, 3.63) is 17.5 Å². The van der Waals surface area contributed by atoms with Crippen LogP contribution in [0.1, 0.15) is 49.9 Å². The van der Waals surface area contributed by atoms with E-state index in [1.54, 1.807) is 0 Å². The molecule has 20 heavy (non-hydrogen) atoms. The van der Waals surface area contributed by atoms with Gasteiger partial charge in [0.25, 0.3) is 0 Å². The second-order valence-electron chi connectivity index (χ2n) is 7.90. The molecule has 1 atom stereocenters. The fourth-order valence-corrected chi connectivity index (χ4v) is 5.86. The molecule has 1 unspecified atom stereocenters. The molecule has 4 bridgehead atoms. The average molecular weight is 274 g/mol. The van der Waals surface area contributed by atoms with Gasteiger partial charge in [-0.3, -0.25) is 4.68 Å². The quantitative estimate of drug-likeness (QED) is 0.920. The van der Waals surface area contributed by atoms with E-state index in [1.807, 2.05) is 18.7 Å². The Hall–Kier alpha value is -0.830. The first-order valence-corrected chi connectivity index (χ1v) is 8.22. The zero-order chi connectivity index (χ0) is 13.9. The molecule has 3 heteroatoms. The van der Waals surface area contributed by atoms with E-state index in [0.717, 1.165) is 29.9 Å². The highest BCUT2D eigenvalue weighted by Gasteiger charge is 2.53. The molecular formula is C17H26N2O.